The molecule has 0 aromatic heterocycles. The fourth-order valence-electron chi connectivity index (χ4n) is 4.23. The lowest BCUT2D eigenvalue weighted by atomic mass is 9.82. The molecular weight excluding hydrogens is 378 g/mol. The first kappa shape index (κ1) is 21.9. The summed E-state index contributed by atoms with van der Waals surface area (Å²) in [6, 6.07) is 15.7. The molecule has 0 bridgehead atoms. The van der Waals surface area contributed by atoms with Crippen molar-refractivity contribution >= 4 is 12.1 Å². The number of ether oxygens (including phenoxy) is 2. The van der Waals surface area contributed by atoms with Crippen molar-refractivity contribution in [1.29, 1.82) is 0 Å². The van der Waals surface area contributed by atoms with Crippen molar-refractivity contribution in [3.8, 4) is 0 Å². The molecule has 2 atom stereocenters. The van der Waals surface area contributed by atoms with Gasteiger partial charge < -0.3 is 9.47 Å². The molecule has 0 saturated carbocycles. The first-order valence-corrected chi connectivity index (χ1v) is 10.4. The third-order valence-corrected chi connectivity index (χ3v) is 5.44. The van der Waals surface area contributed by atoms with Gasteiger partial charge in [-0.05, 0) is 62.8 Å². The molecule has 30 heavy (non-hydrogen) atoms. The Balaban J connectivity index is 2.07. The summed E-state index contributed by atoms with van der Waals surface area (Å²) in [4.78, 5) is 27.5. The molecule has 3 rings (SSSR count). The molecule has 1 amide bonds. The van der Waals surface area contributed by atoms with Crippen LogP contribution in [0.25, 0.3) is 0 Å². The van der Waals surface area contributed by atoms with E-state index in [2.05, 4.69) is 18.2 Å². The van der Waals surface area contributed by atoms with Gasteiger partial charge in [0.2, 0.25) is 0 Å². The van der Waals surface area contributed by atoms with E-state index in [9.17, 15) is 9.59 Å². The van der Waals surface area contributed by atoms with Crippen LogP contribution in [0.1, 0.15) is 55.5 Å². The van der Waals surface area contributed by atoms with E-state index in [-0.39, 0.29) is 18.4 Å². The molecule has 0 aliphatic carbocycles. The minimum atomic E-state index is -0.629. The van der Waals surface area contributed by atoms with Crippen LogP contribution in [0.5, 0.6) is 0 Å². The van der Waals surface area contributed by atoms with Crippen LogP contribution in [0.15, 0.2) is 48.5 Å². The zero-order valence-corrected chi connectivity index (χ0v) is 18.5. The van der Waals surface area contributed by atoms with Crippen molar-refractivity contribution < 1.29 is 19.1 Å². The Kier molecular flexibility index (Phi) is 6.49. The Morgan fingerprint density at radius 1 is 1.07 bits per heavy atom. The van der Waals surface area contributed by atoms with Gasteiger partial charge in [0.05, 0.1) is 19.6 Å². The maximum atomic E-state index is 13.4. The number of rotatable bonds is 4. The molecule has 0 radical (unpaired) electrons. The molecule has 160 valence electrons. The molecule has 0 spiro atoms. The Labute approximate surface area is 179 Å². The van der Waals surface area contributed by atoms with Crippen LogP contribution in [-0.2, 0) is 27.1 Å². The first-order valence-electron chi connectivity index (χ1n) is 10.4. The Bertz CT molecular complexity index is 901. The second-order valence-corrected chi connectivity index (χ2v) is 8.88. The standard InChI is InChI=1S/C25H31NO4/c1-17-10-9-13-19-15-20(14-18-11-7-6-8-12-18)26(24(28)30-25(2,3)4)21(23(17)19)16-22(27)29-5/h6-13,20-21H,14-16H2,1-5H3/t20-,21+/m0/s1. The van der Waals surface area contributed by atoms with Gasteiger partial charge in [0.15, 0.2) is 0 Å². The highest BCUT2D eigenvalue weighted by Crippen LogP contribution is 2.39. The molecule has 1 aliphatic rings. The second kappa shape index (κ2) is 8.90. The molecule has 2 aromatic carbocycles. The molecule has 0 N–H and O–H groups in total. The fraction of sp³-hybridized carbons (Fsp3) is 0.440. The number of nitrogens with zero attached hydrogens (tertiary/aromatic N) is 1. The van der Waals surface area contributed by atoms with Crippen molar-refractivity contribution in [3.05, 3.63) is 70.8 Å². The van der Waals surface area contributed by atoms with Gasteiger partial charge in [-0.1, -0.05) is 48.5 Å². The summed E-state index contributed by atoms with van der Waals surface area (Å²) in [5, 5.41) is 0. The molecular formula is C25H31NO4. The average molecular weight is 410 g/mol. The highest BCUT2D eigenvalue weighted by molar-refractivity contribution is 5.75. The van der Waals surface area contributed by atoms with Crippen LogP contribution in [-0.4, -0.2) is 35.7 Å². The predicted octanol–water partition coefficient (Wildman–Crippen LogP) is 5.00. The van der Waals surface area contributed by atoms with E-state index in [4.69, 9.17) is 9.47 Å². The number of carbonyl (C=O) groups is 2. The normalized spacial score (nSPS) is 18.5. The first-order chi connectivity index (χ1) is 14.2. The van der Waals surface area contributed by atoms with Crippen LogP contribution < -0.4 is 0 Å². The van der Waals surface area contributed by atoms with Gasteiger partial charge >= 0.3 is 12.1 Å². The molecule has 5 nitrogen and oxygen atoms in total. The summed E-state index contributed by atoms with van der Waals surface area (Å²) < 4.78 is 10.8. The zero-order chi connectivity index (χ0) is 21.9. The summed E-state index contributed by atoms with van der Waals surface area (Å²) in [5.74, 6) is -0.344. The quantitative estimate of drug-likeness (QED) is 0.667. The molecule has 1 aliphatic heterocycles. The number of aryl methyl sites for hydroxylation is 1. The number of methoxy groups -OCH3 is 1. The van der Waals surface area contributed by atoms with Crippen LogP contribution in [0.3, 0.4) is 0 Å². The van der Waals surface area contributed by atoms with E-state index in [1.807, 2.05) is 58.0 Å². The molecule has 0 saturated heterocycles. The van der Waals surface area contributed by atoms with Crippen LogP contribution >= 0.6 is 0 Å². The topological polar surface area (TPSA) is 55.8 Å². The number of benzene rings is 2. The molecule has 0 fully saturated rings. The summed E-state index contributed by atoms with van der Waals surface area (Å²) in [6.45, 7) is 7.59. The van der Waals surface area contributed by atoms with E-state index >= 15 is 0 Å². The van der Waals surface area contributed by atoms with Crippen LogP contribution in [0, 0.1) is 6.92 Å². The number of carbonyl (C=O) groups excluding carboxylic acids is 2. The Morgan fingerprint density at radius 3 is 2.40 bits per heavy atom. The van der Waals surface area contributed by atoms with E-state index in [0.29, 0.717) is 12.8 Å². The van der Waals surface area contributed by atoms with Gasteiger partial charge in [-0.25, -0.2) is 4.79 Å². The number of hydrogen-bond acceptors (Lipinski definition) is 4. The third kappa shape index (κ3) is 5.02. The maximum absolute atomic E-state index is 13.4. The smallest absolute Gasteiger partial charge is 0.411 e. The second-order valence-electron chi connectivity index (χ2n) is 8.88. The number of fused-ring (bicyclic) bond motifs is 1. The summed E-state index contributed by atoms with van der Waals surface area (Å²) in [6.07, 6.45) is 1.10. The maximum Gasteiger partial charge on any atom is 0.411 e. The largest absolute Gasteiger partial charge is 0.469 e. The van der Waals surface area contributed by atoms with Crippen molar-refractivity contribution in [3.63, 3.8) is 0 Å². The lowest BCUT2D eigenvalue weighted by Crippen LogP contribution is -2.50. The lowest BCUT2D eigenvalue weighted by Gasteiger charge is -2.44. The molecule has 1 heterocycles. The Hall–Kier alpha value is -2.82. The van der Waals surface area contributed by atoms with Crippen LogP contribution in [0.2, 0.25) is 0 Å². The highest BCUT2D eigenvalue weighted by atomic mass is 16.6. The molecule has 0 unspecified atom stereocenters. The highest BCUT2D eigenvalue weighted by Gasteiger charge is 2.41. The summed E-state index contributed by atoms with van der Waals surface area (Å²) >= 11 is 0. The van der Waals surface area contributed by atoms with E-state index < -0.39 is 17.7 Å². The molecule has 2 aromatic rings. The minimum Gasteiger partial charge on any atom is -0.469 e. The minimum absolute atomic E-state index is 0.0961. The predicted molar refractivity (Wildman–Crippen MR) is 116 cm³/mol. The van der Waals surface area contributed by atoms with Crippen molar-refractivity contribution in [2.24, 2.45) is 0 Å². The van der Waals surface area contributed by atoms with E-state index in [1.54, 1.807) is 4.90 Å². The van der Waals surface area contributed by atoms with Gasteiger partial charge in [-0.2, -0.15) is 0 Å². The van der Waals surface area contributed by atoms with Crippen LogP contribution in [0.4, 0.5) is 4.79 Å². The number of esters is 1. The summed E-state index contributed by atoms with van der Waals surface area (Å²) in [5.41, 5.74) is 3.77. The van der Waals surface area contributed by atoms with E-state index in [0.717, 1.165) is 16.7 Å². The van der Waals surface area contributed by atoms with Gasteiger partial charge in [0, 0.05) is 6.04 Å². The summed E-state index contributed by atoms with van der Waals surface area (Å²) in [7, 11) is 1.38. The SMILES string of the molecule is COC(=O)C[C@@H]1c2c(C)cccc2C[C@H](Cc2ccccc2)N1C(=O)OC(C)(C)C. The lowest BCUT2D eigenvalue weighted by molar-refractivity contribution is -0.142. The van der Waals surface area contributed by atoms with Gasteiger partial charge in [0.1, 0.15) is 5.60 Å². The average Bonchev–Trinajstić information content (AvgIpc) is 2.67. The van der Waals surface area contributed by atoms with Gasteiger partial charge in [-0.15, -0.1) is 0 Å². The third-order valence-electron chi connectivity index (χ3n) is 5.44. The van der Waals surface area contributed by atoms with Crippen molar-refractivity contribution in [2.45, 2.75) is 64.6 Å². The number of hydrogen-bond donors (Lipinski definition) is 0. The van der Waals surface area contributed by atoms with Gasteiger partial charge in [0.25, 0.3) is 0 Å². The Morgan fingerprint density at radius 2 is 1.77 bits per heavy atom. The van der Waals surface area contributed by atoms with Gasteiger partial charge in [-0.3, -0.25) is 9.69 Å². The monoisotopic (exact) mass is 409 g/mol. The van der Waals surface area contributed by atoms with Crippen molar-refractivity contribution in [2.75, 3.05) is 7.11 Å². The number of amides is 1. The zero-order valence-electron chi connectivity index (χ0n) is 18.5. The van der Waals surface area contributed by atoms with E-state index in [1.165, 1.54) is 12.7 Å². The van der Waals surface area contributed by atoms with Crippen molar-refractivity contribution in [1.82, 2.24) is 4.90 Å². The molecule has 5 heteroatoms. The fourth-order valence-corrected chi connectivity index (χ4v) is 4.23.